The van der Waals surface area contributed by atoms with Crippen LogP contribution in [-0.4, -0.2) is 42.7 Å². The molecular formula is C23H51O6P2S+. The van der Waals surface area contributed by atoms with Crippen molar-refractivity contribution in [3.63, 3.8) is 0 Å². The zero-order valence-electron chi connectivity index (χ0n) is 20.6. The molecule has 0 aromatic rings. The SMILES string of the molecule is CCCCCCCCCCCCCCCCCCCC[S+](C)CC(P(=O)(O)O)P(=O)(O)O. The quantitative estimate of drug-likeness (QED) is 0.0662. The van der Waals surface area contributed by atoms with Gasteiger partial charge in [0.2, 0.25) is 5.40 Å². The van der Waals surface area contributed by atoms with Gasteiger partial charge in [-0.1, -0.05) is 110 Å². The molecule has 6 nitrogen and oxygen atoms in total. The molecule has 0 aliphatic heterocycles. The first kappa shape index (κ1) is 32.7. The van der Waals surface area contributed by atoms with Gasteiger partial charge in [-0.15, -0.1) is 0 Å². The van der Waals surface area contributed by atoms with Crippen LogP contribution in [0.25, 0.3) is 0 Å². The molecule has 0 rings (SSSR count). The van der Waals surface area contributed by atoms with Gasteiger partial charge in [0.05, 0.1) is 6.26 Å². The van der Waals surface area contributed by atoms with E-state index in [0.29, 0.717) is 0 Å². The summed E-state index contributed by atoms with van der Waals surface area (Å²) < 4.78 is 22.7. The zero-order chi connectivity index (χ0) is 24.3. The van der Waals surface area contributed by atoms with E-state index in [4.69, 9.17) is 0 Å². The molecule has 9 heteroatoms. The van der Waals surface area contributed by atoms with Crippen LogP contribution in [0.15, 0.2) is 0 Å². The molecule has 0 radical (unpaired) electrons. The molecule has 4 N–H and O–H groups in total. The average Bonchev–Trinajstić information content (AvgIpc) is 2.69. The standard InChI is InChI=1S/C23H50O6P2S/c1-3-4-5-6-7-8-9-10-11-12-13-14-15-16-17-18-19-20-21-32(2)22-23(30(24,25)26)31(27,28)29/h23H,3-22H2,1-2H3,(H3-,24,25,26,27,28,29)/p+1. The van der Waals surface area contributed by atoms with Crippen LogP contribution in [0.3, 0.4) is 0 Å². The van der Waals surface area contributed by atoms with Gasteiger partial charge in [0.25, 0.3) is 0 Å². The Bertz CT molecular complexity index is 501. The third-order valence-electron chi connectivity index (χ3n) is 6.06. The van der Waals surface area contributed by atoms with E-state index in [1.165, 1.54) is 96.3 Å². The number of rotatable bonds is 23. The van der Waals surface area contributed by atoms with E-state index in [9.17, 15) is 28.7 Å². The molecule has 1 unspecified atom stereocenters. The van der Waals surface area contributed by atoms with Crippen LogP contribution in [0.5, 0.6) is 0 Å². The van der Waals surface area contributed by atoms with Crippen molar-refractivity contribution < 1.29 is 28.7 Å². The highest BCUT2D eigenvalue weighted by molar-refractivity contribution is 7.97. The molecule has 194 valence electrons. The smallest absolute Gasteiger partial charge is 0.324 e. The average molecular weight is 518 g/mol. The second-order valence-corrected chi connectivity index (χ2v) is 15.6. The maximum Gasteiger partial charge on any atom is 0.345 e. The lowest BCUT2D eigenvalue weighted by Crippen LogP contribution is -2.23. The Hall–Kier alpha value is 0.650. The summed E-state index contributed by atoms with van der Waals surface area (Å²) in [4.78, 5) is 36.9. The maximum absolute atomic E-state index is 11.4. The molecule has 0 amide bonds. The molecule has 0 saturated heterocycles. The molecule has 0 saturated carbocycles. The van der Waals surface area contributed by atoms with Crippen LogP contribution in [0.1, 0.15) is 122 Å². The van der Waals surface area contributed by atoms with Gasteiger partial charge < -0.3 is 19.6 Å². The Kier molecular flexibility index (Phi) is 20.3. The molecule has 0 fully saturated rings. The summed E-state index contributed by atoms with van der Waals surface area (Å²) in [6.07, 6.45) is 25.5. The Morgan fingerprint density at radius 2 is 0.844 bits per heavy atom. The normalized spacial score (nSPS) is 13.7. The third-order valence-corrected chi connectivity index (χ3v) is 12.2. The van der Waals surface area contributed by atoms with Gasteiger partial charge in [-0.2, -0.15) is 0 Å². The van der Waals surface area contributed by atoms with Gasteiger partial charge in [-0.25, -0.2) is 0 Å². The molecule has 0 spiro atoms. The van der Waals surface area contributed by atoms with Crippen molar-refractivity contribution in [3.8, 4) is 0 Å². The summed E-state index contributed by atoms with van der Waals surface area (Å²) in [5.41, 5.74) is 0. The van der Waals surface area contributed by atoms with Crippen molar-refractivity contribution in [2.75, 3.05) is 17.8 Å². The van der Waals surface area contributed by atoms with E-state index < -0.39 is 31.5 Å². The topological polar surface area (TPSA) is 115 Å². The molecular weight excluding hydrogens is 466 g/mol. The van der Waals surface area contributed by atoms with Gasteiger partial charge in [0.1, 0.15) is 11.5 Å². The predicted molar refractivity (Wildman–Crippen MR) is 140 cm³/mol. The first-order chi connectivity index (χ1) is 15.1. The fourth-order valence-corrected chi connectivity index (χ4v) is 10.00. The van der Waals surface area contributed by atoms with Crippen LogP contribution in [-0.2, 0) is 20.0 Å². The zero-order valence-corrected chi connectivity index (χ0v) is 23.2. The van der Waals surface area contributed by atoms with Crippen molar-refractivity contribution in [1.29, 1.82) is 0 Å². The second-order valence-electron chi connectivity index (χ2n) is 9.32. The van der Waals surface area contributed by atoms with E-state index in [0.717, 1.165) is 25.0 Å². The van der Waals surface area contributed by atoms with Crippen molar-refractivity contribution >= 4 is 26.1 Å². The Balaban J connectivity index is 3.47. The lowest BCUT2D eigenvalue weighted by Gasteiger charge is -2.18. The largest absolute Gasteiger partial charge is 0.345 e. The molecule has 0 aromatic heterocycles. The highest BCUT2D eigenvalue weighted by Crippen LogP contribution is 2.60. The predicted octanol–water partition coefficient (Wildman–Crippen LogP) is 6.96. The third kappa shape index (κ3) is 20.1. The Labute approximate surface area is 200 Å². The van der Waals surface area contributed by atoms with E-state index in [1.807, 2.05) is 6.26 Å². The summed E-state index contributed by atoms with van der Waals surface area (Å²) in [7, 11) is -9.97. The number of unbranched alkanes of at least 4 members (excludes halogenated alkanes) is 17. The summed E-state index contributed by atoms with van der Waals surface area (Å²) >= 11 is 0. The van der Waals surface area contributed by atoms with E-state index >= 15 is 0 Å². The summed E-state index contributed by atoms with van der Waals surface area (Å²) in [5.74, 6) is 0.669. The van der Waals surface area contributed by atoms with Crippen molar-refractivity contribution in [1.82, 2.24) is 0 Å². The lowest BCUT2D eigenvalue weighted by molar-refractivity contribution is 0.342. The van der Waals surface area contributed by atoms with Crippen molar-refractivity contribution in [2.45, 2.75) is 128 Å². The highest BCUT2D eigenvalue weighted by atomic mass is 32.2. The van der Waals surface area contributed by atoms with Gasteiger partial charge >= 0.3 is 15.2 Å². The van der Waals surface area contributed by atoms with Crippen LogP contribution < -0.4 is 0 Å². The number of hydrogen-bond donors (Lipinski definition) is 4. The monoisotopic (exact) mass is 517 g/mol. The van der Waals surface area contributed by atoms with Crippen molar-refractivity contribution in [3.05, 3.63) is 0 Å². The van der Waals surface area contributed by atoms with Gasteiger partial charge in [-0.3, -0.25) is 9.13 Å². The van der Waals surface area contributed by atoms with Gasteiger partial charge in [0.15, 0.2) is 0 Å². The molecule has 0 aliphatic rings. The molecule has 0 bridgehead atoms. The summed E-state index contributed by atoms with van der Waals surface area (Å²) in [6.45, 7) is 2.26. The Morgan fingerprint density at radius 1 is 0.562 bits per heavy atom. The minimum atomic E-state index is -4.79. The molecule has 1 atom stereocenters. The molecule has 0 aliphatic carbocycles. The second kappa shape index (κ2) is 19.9. The first-order valence-corrected chi connectivity index (χ1v) is 18.1. The van der Waals surface area contributed by atoms with Crippen LogP contribution in [0, 0.1) is 0 Å². The first-order valence-electron chi connectivity index (χ1n) is 12.8. The summed E-state index contributed by atoms with van der Waals surface area (Å²) in [5, 5.41) is -1.85. The maximum atomic E-state index is 11.4. The molecule has 0 aromatic carbocycles. The van der Waals surface area contributed by atoms with E-state index in [-0.39, 0.29) is 5.75 Å². The van der Waals surface area contributed by atoms with Crippen LogP contribution in [0.2, 0.25) is 0 Å². The van der Waals surface area contributed by atoms with Crippen LogP contribution >= 0.6 is 15.2 Å². The minimum Gasteiger partial charge on any atom is -0.324 e. The fourth-order valence-electron chi connectivity index (χ4n) is 3.98. The lowest BCUT2D eigenvalue weighted by atomic mass is 10.0. The van der Waals surface area contributed by atoms with Crippen LogP contribution in [0.4, 0.5) is 0 Å². The highest BCUT2D eigenvalue weighted by Gasteiger charge is 2.47. The van der Waals surface area contributed by atoms with Crippen molar-refractivity contribution in [2.24, 2.45) is 0 Å². The van der Waals surface area contributed by atoms with Gasteiger partial charge in [0, 0.05) is 0 Å². The fraction of sp³-hybridized carbons (Fsp3) is 1.00. The molecule has 0 heterocycles. The van der Waals surface area contributed by atoms with Gasteiger partial charge in [-0.05, 0) is 23.7 Å². The minimum absolute atomic E-state index is 0.104. The number of hydrogen-bond acceptors (Lipinski definition) is 2. The Morgan fingerprint density at radius 3 is 1.12 bits per heavy atom. The van der Waals surface area contributed by atoms with E-state index in [1.54, 1.807) is 0 Å². The summed E-state index contributed by atoms with van der Waals surface area (Å²) in [6, 6.07) is 0. The van der Waals surface area contributed by atoms with E-state index in [2.05, 4.69) is 6.92 Å². The molecule has 32 heavy (non-hydrogen) atoms.